The summed E-state index contributed by atoms with van der Waals surface area (Å²) in [5.74, 6) is -0.636. The highest BCUT2D eigenvalue weighted by Crippen LogP contribution is 2.03. The first kappa shape index (κ1) is 14.9. The van der Waals surface area contributed by atoms with Gasteiger partial charge in [0.2, 0.25) is 11.8 Å². The molecule has 1 atom stereocenters. The van der Waals surface area contributed by atoms with E-state index in [1.165, 1.54) is 0 Å². The van der Waals surface area contributed by atoms with Gasteiger partial charge in [-0.15, -0.1) is 0 Å². The van der Waals surface area contributed by atoms with Gasteiger partial charge < -0.3 is 15.8 Å². The van der Waals surface area contributed by atoms with E-state index in [-0.39, 0.29) is 17.7 Å². The van der Waals surface area contributed by atoms with Gasteiger partial charge in [0, 0.05) is 32.1 Å². The summed E-state index contributed by atoms with van der Waals surface area (Å²) in [5.41, 5.74) is 5.09. The van der Waals surface area contributed by atoms with Crippen LogP contribution in [-0.4, -0.2) is 31.6 Å². The van der Waals surface area contributed by atoms with Crippen molar-refractivity contribution in [1.29, 1.82) is 0 Å². The molecule has 0 saturated carbocycles. The van der Waals surface area contributed by atoms with Gasteiger partial charge in [0.25, 0.3) is 0 Å². The van der Waals surface area contributed by atoms with Crippen molar-refractivity contribution in [3.63, 3.8) is 0 Å². The third-order valence-electron chi connectivity index (χ3n) is 2.28. The van der Waals surface area contributed by atoms with Crippen LogP contribution in [0.4, 0.5) is 0 Å². The Hall–Kier alpha value is -1.10. The van der Waals surface area contributed by atoms with Gasteiger partial charge in [-0.05, 0) is 19.8 Å². The monoisotopic (exact) mass is 230 g/mol. The van der Waals surface area contributed by atoms with E-state index >= 15 is 0 Å². The van der Waals surface area contributed by atoms with Crippen molar-refractivity contribution in [3.8, 4) is 0 Å². The van der Waals surface area contributed by atoms with Gasteiger partial charge in [0.15, 0.2) is 0 Å². The van der Waals surface area contributed by atoms with Crippen LogP contribution >= 0.6 is 0 Å². The molecule has 0 aliphatic carbocycles. The van der Waals surface area contributed by atoms with E-state index in [2.05, 4.69) is 5.32 Å². The smallest absolute Gasteiger partial charge is 0.220 e. The minimum absolute atomic E-state index is 0.0374. The molecule has 0 aromatic carbocycles. The average Bonchev–Trinajstić information content (AvgIpc) is 2.25. The normalized spacial score (nSPS) is 12.1. The Labute approximate surface area is 96.7 Å². The van der Waals surface area contributed by atoms with Crippen LogP contribution in [0.15, 0.2) is 0 Å². The van der Waals surface area contributed by atoms with Gasteiger partial charge in [-0.1, -0.05) is 6.92 Å². The van der Waals surface area contributed by atoms with Crippen molar-refractivity contribution >= 4 is 11.8 Å². The summed E-state index contributed by atoms with van der Waals surface area (Å²) >= 11 is 0. The van der Waals surface area contributed by atoms with Gasteiger partial charge in [-0.3, -0.25) is 9.59 Å². The fourth-order valence-electron chi connectivity index (χ4n) is 1.12. The van der Waals surface area contributed by atoms with Crippen LogP contribution in [-0.2, 0) is 14.3 Å². The van der Waals surface area contributed by atoms with Crippen molar-refractivity contribution in [2.45, 2.75) is 33.1 Å². The molecular weight excluding hydrogens is 208 g/mol. The number of nitrogens with two attached hydrogens (primary N) is 1. The third kappa shape index (κ3) is 8.23. The molecule has 0 unspecified atom stereocenters. The van der Waals surface area contributed by atoms with Crippen LogP contribution in [0, 0.1) is 5.92 Å². The number of rotatable bonds is 9. The predicted molar refractivity (Wildman–Crippen MR) is 61.7 cm³/mol. The van der Waals surface area contributed by atoms with Gasteiger partial charge in [0.05, 0.1) is 0 Å². The number of carbonyl (C=O) groups is 2. The summed E-state index contributed by atoms with van der Waals surface area (Å²) < 4.78 is 5.13. The summed E-state index contributed by atoms with van der Waals surface area (Å²) in [4.78, 5) is 22.0. The zero-order valence-corrected chi connectivity index (χ0v) is 10.1. The van der Waals surface area contributed by atoms with Crippen molar-refractivity contribution in [3.05, 3.63) is 0 Å². The first-order valence-corrected chi connectivity index (χ1v) is 5.71. The zero-order valence-electron chi connectivity index (χ0n) is 10.1. The molecule has 0 aliphatic rings. The first-order valence-electron chi connectivity index (χ1n) is 5.71. The molecule has 0 aromatic rings. The van der Waals surface area contributed by atoms with Gasteiger partial charge in [0.1, 0.15) is 0 Å². The number of hydrogen-bond acceptors (Lipinski definition) is 3. The molecule has 0 heterocycles. The standard InChI is InChI=1S/C11H22N2O3/c1-3-16-8-4-7-13-10(14)6-5-9(2)11(12)15/h9H,3-8H2,1-2H3,(H2,12,15)(H,13,14)/t9-/m0/s1. The summed E-state index contributed by atoms with van der Waals surface area (Å²) in [6.07, 6.45) is 1.66. The quantitative estimate of drug-likeness (QED) is 0.564. The molecule has 0 radical (unpaired) electrons. The van der Waals surface area contributed by atoms with Crippen LogP contribution in [0.3, 0.4) is 0 Å². The van der Waals surface area contributed by atoms with E-state index in [0.717, 1.165) is 6.42 Å². The summed E-state index contributed by atoms with van der Waals surface area (Å²) in [5, 5.41) is 2.76. The number of amides is 2. The number of hydrogen-bond donors (Lipinski definition) is 2. The minimum atomic E-state index is -0.357. The van der Waals surface area contributed by atoms with E-state index in [1.807, 2.05) is 6.92 Å². The lowest BCUT2D eigenvalue weighted by Crippen LogP contribution is -2.27. The Morgan fingerprint density at radius 3 is 2.69 bits per heavy atom. The maximum absolute atomic E-state index is 11.3. The molecule has 5 heteroatoms. The molecular formula is C11H22N2O3. The van der Waals surface area contributed by atoms with E-state index in [4.69, 9.17) is 10.5 Å². The largest absolute Gasteiger partial charge is 0.382 e. The third-order valence-corrected chi connectivity index (χ3v) is 2.28. The van der Waals surface area contributed by atoms with E-state index in [0.29, 0.717) is 32.6 Å². The highest BCUT2D eigenvalue weighted by molar-refractivity contribution is 5.79. The molecule has 3 N–H and O–H groups in total. The van der Waals surface area contributed by atoms with Crippen LogP contribution in [0.5, 0.6) is 0 Å². The summed E-state index contributed by atoms with van der Waals surface area (Å²) in [6.45, 7) is 5.64. The van der Waals surface area contributed by atoms with Crippen LogP contribution < -0.4 is 11.1 Å². The summed E-state index contributed by atoms with van der Waals surface area (Å²) in [7, 11) is 0. The highest BCUT2D eigenvalue weighted by Gasteiger charge is 2.10. The van der Waals surface area contributed by atoms with Crippen LogP contribution in [0.1, 0.15) is 33.1 Å². The van der Waals surface area contributed by atoms with Gasteiger partial charge >= 0.3 is 0 Å². The molecule has 0 spiro atoms. The van der Waals surface area contributed by atoms with Gasteiger partial charge in [-0.25, -0.2) is 0 Å². The molecule has 5 nitrogen and oxygen atoms in total. The molecule has 2 amide bonds. The van der Waals surface area contributed by atoms with Crippen molar-refractivity contribution in [1.82, 2.24) is 5.32 Å². The first-order chi connectivity index (χ1) is 7.57. The fourth-order valence-corrected chi connectivity index (χ4v) is 1.12. The summed E-state index contributed by atoms with van der Waals surface area (Å²) in [6, 6.07) is 0. The van der Waals surface area contributed by atoms with Crippen molar-refractivity contribution < 1.29 is 14.3 Å². The van der Waals surface area contributed by atoms with Crippen molar-refractivity contribution in [2.75, 3.05) is 19.8 Å². The van der Waals surface area contributed by atoms with E-state index in [1.54, 1.807) is 6.92 Å². The molecule has 0 rings (SSSR count). The lowest BCUT2D eigenvalue weighted by Gasteiger charge is -2.07. The van der Waals surface area contributed by atoms with Crippen LogP contribution in [0.25, 0.3) is 0 Å². The number of carbonyl (C=O) groups excluding carboxylic acids is 2. The number of primary amides is 1. The second kappa shape index (κ2) is 9.15. The lowest BCUT2D eigenvalue weighted by atomic mass is 10.1. The Morgan fingerprint density at radius 2 is 2.12 bits per heavy atom. The molecule has 16 heavy (non-hydrogen) atoms. The average molecular weight is 230 g/mol. The van der Waals surface area contributed by atoms with E-state index < -0.39 is 0 Å². The number of nitrogens with one attached hydrogen (secondary N) is 1. The zero-order chi connectivity index (χ0) is 12.4. The maximum Gasteiger partial charge on any atom is 0.220 e. The highest BCUT2D eigenvalue weighted by atomic mass is 16.5. The second-order valence-corrected chi connectivity index (χ2v) is 3.74. The second-order valence-electron chi connectivity index (χ2n) is 3.74. The molecule has 0 aliphatic heterocycles. The maximum atomic E-state index is 11.3. The fraction of sp³-hybridized carbons (Fsp3) is 0.818. The molecule has 0 aromatic heterocycles. The van der Waals surface area contributed by atoms with Gasteiger partial charge in [-0.2, -0.15) is 0 Å². The molecule has 94 valence electrons. The molecule has 0 saturated heterocycles. The Kier molecular flexibility index (Phi) is 8.52. The molecule has 0 fully saturated rings. The Morgan fingerprint density at radius 1 is 1.44 bits per heavy atom. The molecule has 0 bridgehead atoms. The SMILES string of the molecule is CCOCCCNC(=O)CC[C@H](C)C(N)=O. The minimum Gasteiger partial charge on any atom is -0.382 e. The van der Waals surface area contributed by atoms with Crippen molar-refractivity contribution in [2.24, 2.45) is 11.7 Å². The lowest BCUT2D eigenvalue weighted by molar-refractivity contribution is -0.123. The topological polar surface area (TPSA) is 81.4 Å². The number of ether oxygens (including phenoxy) is 1. The van der Waals surface area contributed by atoms with E-state index in [9.17, 15) is 9.59 Å². The predicted octanol–water partition coefficient (Wildman–Crippen LogP) is 0.431. The van der Waals surface area contributed by atoms with Crippen LogP contribution in [0.2, 0.25) is 0 Å². The Balaban J connectivity index is 3.41. The Bertz CT molecular complexity index is 219.